The lowest BCUT2D eigenvalue weighted by atomic mass is 9.67. The molecule has 1 fully saturated rings. The summed E-state index contributed by atoms with van der Waals surface area (Å²) in [7, 11) is 5.93. The van der Waals surface area contributed by atoms with Gasteiger partial charge in [0, 0.05) is 18.9 Å². The molecule has 1 saturated carbocycles. The summed E-state index contributed by atoms with van der Waals surface area (Å²) >= 11 is 0. The van der Waals surface area contributed by atoms with E-state index in [0.717, 1.165) is 44.4 Å². The Hall–Kier alpha value is -1.84. The molecule has 1 N–H and O–H groups in total. The summed E-state index contributed by atoms with van der Waals surface area (Å²) in [5, 5.41) is 11.6. The Bertz CT molecular complexity index is 715. The van der Waals surface area contributed by atoms with Crippen LogP contribution in [0.1, 0.15) is 30.4 Å². The van der Waals surface area contributed by atoms with Crippen molar-refractivity contribution < 1.29 is 9.84 Å². The van der Waals surface area contributed by atoms with Gasteiger partial charge in [-0.05, 0) is 69.0 Å². The monoisotopic (exact) mass is 367 g/mol. The molecule has 3 atom stereocenters. The van der Waals surface area contributed by atoms with E-state index in [1.54, 1.807) is 7.11 Å². The summed E-state index contributed by atoms with van der Waals surface area (Å²) in [6, 6.07) is 18.8. The first-order valence-electron chi connectivity index (χ1n) is 10.0. The van der Waals surface area contributed by atoms with Gasteiger partial charge >= 0.3 is 0 Å². The van der Waals surface area contributed by atoms with Gasteiger partial charge in [0.15, 0.2) is 0 Å². The van der Waals surface area contributed by atoms with E-state index in [1.807, 2.05) is 12.1 Å². The third kappa shape index (κ3) is 5.33. The van der Waals surface area contributed by atoms with Crippen molar-refractivity contribution in [2.75, 3.05) is 27.7 Å². The number of hydrogen-bond acceptors (Lipinski definition) is 3. The molecular formula is C24H33NO2. The molecule has 1 aliphatic carbocycles. The van der Waals surface area contributed by atoms with Crippen molar-refractivity contribution in [3.8, 4) is 5.75 Å². The maximum absolute atomic E-state index is 11.6. The van der Waals surface area contributed by atoms with Crippen molar-refractivity contribution in [3.05, 3.63) is 65.7 Å². The first-order chi connectivity index (χ1) is 13.0. The minimum absolute atomic E-state index is 0.289. The van der Waals surface area contributed by atoms with E-state index in [-0.39, 0.29) is 5.92 Å². The highest BCUT2D eigenvalue weighted by molar-refractivity contribution is 5.29. The van der Waals surface area contributed by atoms with Gasteiger partial charge in [-0.25, -0.2) is 0 Å². The molecule has 0 radical (unpaired) electrons. The number of ether oxygens (including phenoxy) is 1. The van der Waals surface area contributed by atoms with E-state index < -0.39 is 5.60 Å². The second kappa shape index (κ2) is 8.90. The molecular weight excluding hydrogens is 334 g/mol. The van der Waals surface area contributed by atoms with Crippen LogP contribution in [-0.4, -0.2) is 43.4 Å². The highest BCUT2D eigenvalue weighted by Gasteiger charge is 2.42. The van der Waals surface area contributed by atoms with Crippen molar-refractivity contribution in [2.24, 2.45) is 11.8 Å². The number of hydrogen-bond donors (Lipinski definition) is 1. The maximum atomic E-state index is 11.6. The van der Waals surface area contributed by atoms with Gasteiger partial charge in [-0.3, -0.25) is 0 Å². The molecule has 146 valence electrons. The van der Waals surface area contributed by atoms with Crippen LogP contribution < -0.4 is 4.74 Å². The smallest absolute Gasteiger partial charge is 0.119 e. The fourth-order valence-electron chi connectivity index (χ4n) is 4.58. The van der Waals surface area contributed by atoms with Crippen molar-refractivity contribution in [1.82, 2.24) is 4.90 Å². The normalized spacial score (nSPS) is 25.5. The lowest BCUT2D eigenvalue weighted by molar-refractivity contribution is -0.0685. The van der Waals surface area contributed by atoms with Gasteiger partial charge in [0.05, 0.1) is 12.7 Å². The van der Waals surface area contributed by atoms with E-state index >= 15 is 0 Å². The predicted molar refractivity (Wildman–Crippen MR) is 111 cm³/mol. The van der Waals surface area contributed by atoms with Crippen LogP contribution in [0.5, 0.6) is 5.75 Å². The van der Waals surface area contributed by atoms with Crippen molar-refractivity contribution in [3.63, 3.8) is 0 Å². The van der Waals surface area contributed by atoms with Crippen molar-refractivity contribution in [2.45, 2.75) is 37.7 Å². The van der Waals surface area contributed by atoms with E-state index in [2.05, 4.69) is 61.5 Å². The van der Waals surface area contributed by atoms with Crippen LogP contribution >= 0.6 is 0 Å². The molecule has 3 unspecified atom stereocenters. The van der Waals surface area contributed by atoms with Gasteiger partial charge in [-0.1, -0.05) is 42.5 Å². The Morgan fingerprint density at radius 2 is 1.81 bits per heavy atom. The molecule has 2 aromatic rings. The molecule has 27 heavy (non-hydrogen) atoms. The molecule has 3 nitrogen and oxygen atoms in total. The molecule has 0 aliphatic heterocycles. The van der Waals surface area contributed by atoms with Crippen molar-refractivity contribution >= 4 is 0 Å². The molecule has 0 amide bonds. The van der Waals surface area contributed by atoms with Gasteiger partial charge in [0.1, 0.15) is 5.75 Å². The van der Waals surface area contributed by atoms with Gasteiger partial charge in [0.2, 0.25) is 0 Å². The summed E-state index contributed by atoms with van der Waals surface area (Å²) < 4.78 is 5.37. The molecule has 0 saturated heterocycles. The van der Waals surface area contributed by atoms with Gasteiger partial charge in [-0.2, -0.15) is 0 Å². The fourth-order valence-corrected chi connectivity index (χ4v) is 4.58. The average Bonchev–Trinajstić information content (AvgIpc) is 2.65. The summed E-state index contributed by atoms with van der Waals surface area (Å²) in [5.41, 5.74) is 1.95. The van der Waals surface area contributed by atoms with Crippen LogP contribution in [0.25, 0.3) is 0 Å². The summed E-state index contributed by atoms with van der Waals surface area (Å²) in [4.78, 5) is 2.22. The van der Waals surface area contributed by atoms with Crippen LogP contribution in [-0.2, 0) is 12.8 Å². The number of aliphatic hydroxyl groups is 1. The standard InChI is InChI=1S/C24H33NO2/c1-25(2)18-22-15-21(14-20-10-7-11-23(16-20)27-3)12-13-24(22,26)17-19-8-5-4-6-9-19/h4-11,16,21-22,26H,12-15,17-18H2,1-3H3. The van der Waals surface area contributed by atoms with E-state index in [9.17, 15) is 5.11 Å². The van der Waals surface area contributed by atoms with E-state index in [1.165, 1.54) is 11.1 Å². The molecule has 0 spiro atoms. The second-order valence-corrected chi connectivity index (χ2v) is 8.42. The summed E-state index contributed by atoms with van der Waals surface area (Å²) in [6.07, 6.45) is 4.82. The number of nitrogens with zero attached hydrogens (tertiary/aromatic N) is 1. The zero-order valence-electron chi connectivity index (χ0n) is 16.9. The molecule has 3 rings (SSSR count). The predicted octanol–water partition coefficient (Wildman–Crippen LogP) is 4.19. The lowest BCUT2D eigenvalue weighted by Crippen LogP contribution is -2.49. The highest BCUT2D eigenvalue weighted by Crippen LogP contribution is 2.41. The van der Waals surface area contributed by atoms with Crippen LogP contribution in [0.4, 0.5) is 0 Å². The Labute approximate surface area is 164 Å². The van der Waals surface area contributed by atoms with Crippen LogP contribution in [0, 0.1) is 11.8 Å². The first kappa shape index (κ1) is 19.9. The minimum Gasteiger partial charge on any atom is -0.497 e. The second-order valence-electron chi connectivity index (χ2n) is 8.42. The molecule has 2 aromatic carbocycles. The number of methoxy groups -OCH3 is 1. The number of rotatable bonds is 7. The average molecular weight is 368 g/mol. The summed E-state index contributed by atoms with van der Waals surface area (Å²) in [5.74, 6) is 1.82. The Morgan fingerprint density at radius 3 is 2.52 bits per heavy atom. The van der Waals surface area contributed by atoms with Gasteiger partial charge < -0.3 is 14.7 Å². The SMILES string of the molecule is COc1cccc(CC2CCC(O)(Cc3ccccc3)C(CN(C)C)C2)c1. The third-order valence-electron chi connectivity index (χ3n) is 5.96. The zero-order chi connectivity index (χ0) is 19.3. The van der Waals surface area contributed by atoms with E-state index in [0.29, 0.717) is 5.92 Å². The molecule has 0 aromatic heterocycles. The molecule has 0 heterocycles. The van der Waals surface area contributed by atoms with Crippen molar-refractivity contribution in [1.29, 1.82) is 0 Å². The summed E-state index contributed by atoms with van der Waals surface area (Å²) in [6.45, 7) is 0.929. The van der Waals surface area contributed by atoms with Crippen LogP contribution in [0.15, 0.2) is 54.6 Å². The highest BCUT2D eigenvalue weighted by atomic mass is 16.5. The number of benzene rings is 2. The Kier molecular flexibility index (Phi) is 6.56. The Morgan fingerprint density at radius 1 is 1.07 bits per heavy atom. The maximum Gasteiger partial charge on any atom is 0.119 e. The van der Waals surface area contributed by atoms with Gasteiger partial charge in [0.25, 0.3) is 0 Å². The quantitative estimate of drug-likeness (QED) is 0.796. The molecule has 1 aliphatic rings. The zero-order valence-corrected chi connectivity index (χ0v) is 16.9. The van der Waals surface area contributed by atoms with E-state index in [4.69, 9.17) is 4.74 Å². The minimum atomic E-state index is -0.615. The van der Waals surface area contributed by atoms with Crippen LogP contribution in [0.2, 0.25) is 0 Å². The largest absolute Gasteiger partial charge is 0.497 e. The lowest BCUT2D eigenvalue weighted by Gasteiger charge is -2.44. The molecule has 0 bridgehead atoms. The van der Waals surface area contributed by atoms with Gasteiger partial charge in [-0.15, -0.1) is 0 Å². The Balaban J connectivity index is 1.71. The molecule has 3 heteroatoms. The fraction of sp³-hybridized carbons (Fsp3) is 0.500. The van der Waals surface area contributed by atoms with Crippen LogP contribution in [0.3, 0.4) is 0 Å². The first-order valence-corrected chi connectivity index (χ1v) is 10.0. The topological polar surface area (TPSA) is 32.7 Å². The third-order valence-corrected chi connectivity index (χ3v) is 5.96.